The van der Waals surface area contributed by atoms with Crippen LogP contribution in [0.5, 0.6) is 0 Å². The fourth-order valence-electron chi connectivity index (χ4n) is 2.64. The van der Waals surface area contributed by atoms with Crippen molar-refractivity contribution in [1.82, 2.24) is 4.57 Å². The summed E-state index contributed by atoms with van der Waals surface area (Å²) in [5.41, 5.74) is 5.29. The van der Waals surface area contributed by atoms with Crippen LogP contribution in [0.25, 0.3) is 10.9 Å². The Morgan fingerprint density at radius 1 is 1.43 bits per heavy atom. The summed E-state index contributed by atoms with van der Waals surface area (Å²) in [6, 6.07) is 2.86. The van der Waals surface area contributed by atoms with Gasteiger partial charge in [-0.25, -0.2) is 9.18 Å². The van der Waals surface area contributed by atoms with Crippen LogP contribution in [0.4, 0.5) is 10.1 Å². The van der Waals surface area contributed by atoms with Gasteiger partial charge in [-0.2, -0.15) is 0 Å². The SMILES string of the molecule is NCCCNc1cc2c(cc1F)c(=O)c(C(=O)O)cn2C1CC1. The molecule has 0 unspecified atom stereocenters. The van der Waals surface area contributed by atoms with Gasteiger partial charge in [-0.3, -0.25) is 4.79 Å². The number of hydrogen-bond donors (Lipinski definition) is 3. The van der Waals surface area contributed by atoms with E-state index in [0.29, 0.717) is 30.7 Å². The van der Waals surface area contributed by atoms with E-state index >= 15 is 0 Å². The van der Waals surface area contributed by atoms with Crippen LogP contribution in [0.1, 0.15) is 35.7 Å². The standard InChI is InChI=1S/C16H18FN3O3/c17-12-6-10-14(7-13(12)19-5-1-4-18)20(9-2-3-9)8-11(15(10)21)16(22)23/h6-9,19H,1-5,18H2,(H,22,23). The average Bonchev–Trinajstić information content (AvgIpc) is 3.33. The van der Waals surface area contributed by atoms with Crippen molar-refractivity contribution in [2.24, 2.45) is 5.73 Å². The van der Waals surface area contributed by atoms with Gasteiger partial charge in [-0.15, -0.1) is 0 Å². The molecule has 1 aromatic carbocycles. The lowest BCUT2D eigenvalue weighted by Gasteiger charge is -2.14. The van der Waals surface area contributed by atoms with Crippen LogP contribution in [-0.2, 0) is 0 Å². The number of halogens is 1. The van der Waals surface area contributed by atoms with E-state index in [9.17, 15) is 19.1 Å². The average molecular weight is 319 g/mol. The predicted molar refractivity (Wildman–Crippen MR) is 85.6 cm³/mol. The van der Waals surface area contributed by atoms with Crippen LogP contribution in [0.2, 0.25) is 0 Å². The maximum Gasteiger partial charge on any atom is 0.341 e. The quantitative estimate of drug-likeness (QED) is 0.707. The van der Waals surface area contributed by atoms with Gasteiger partial charge in [0, 0.05) is 24.2 Å². The zero-order valence-electron chi connectivity index (χ0n) is 12.5. The number of carboxylic acids is 1. The maximum absolute atomic E-state index is 14.2. The molecule has 0 saturated heterocycles. The fraction of sp³-hybridized carbons (Fsp3) is 0.375. The van der Waals surface area contributed by atoms with Crippen molar-refractivity contribution < 1.29 is 14.3 Å². The fourth-order valence-corrected chi connectivity index (χ4v) is 2.64. The highest BCUT2D eigenvalue weighted by molar-refractivity contribution is 5.93. The van der Waals surface area contributed by atoms with Crippen molar-refractivity contribution in [3.8, 4) is 0 Å². The van der Waals surface area contributed by atoms with E-state index in [1.54, 1.807) is 10.6 Å². The molecule has 2 aromatic rings. The third-order valence-corrected chi connectivity index (χ3v) is 3.99. The first kappa shape index (κ1) is 15.5. The molecule has 1 aliphatic rings. The van der Waals surface area contributed by atoms with Crippen LogP contribution < -0.4 is 16.5 Å². The second-order valence-corrected chi connectivity index (χ2v) is 5.73. The maximum atomic E-state index is 14.2. The number of carboxylic acid groups (broad SMARTS) is 1. The largest absolute Gasteiger partial charge is 0.477 e. The molecule has 7 heteroatoms. The summed E-state index contributed by atoms with van der Waals surface area (Å²) < 4.78 is 16.0. The first-order valence-electron chi connectivity index (χ1n) is 7.58. The number of nitrogens with one attached hydrogen (secondary N) is 1. The Hall–Kier alpha value is -2.41. The number of anilines is 1. The number of aromatic carboxylic acids is 1. The molecular weight excluding hydrogens is 301 g/mol. The summed E-state index contributed by atoms with van der Waals surface area (Å²) in [6.45, 7) is 1.02. The number of rotatable bonds is 6. The minimum Gasteiger partial charge on any atom is -0.477 e. The minimum absolute atomic E-state index is 0.0960. The number of aromatic nitrogens is 1. The van der Waals surface area contributed by atoms with Crippen LogP contribution in [0.15, 0.2) is 23.1 Å². The predicted octanol–water partition coefficient (Wildman–Crippen LogP) is 1.93. The van der Waals surface area contributed by atoms with Crippen LogP contribution in [0, 0.1) is 5.82 Å². The number of fused-ring (bicyclic) bond motifs is 1. The van der Waals surface area contributed by atoms with E-state index in [4.69, 9.17) is 5.73 Å². The summed E-state index contributed by atoms with van der Waals surface area (Å²) in [4.78, 5) is 23.5. The number of hydrogen-bond acceptors (Lipinski definition) is 4. The van der Waals surface area contributed by atoms with Gasteiger partial charge in [0.05, 0.1) is 11.2 Å². The van der Waals surface area contributed by atoms with E-state index in [1.807, 2.05) is 0 Å². The Morgan fingerprint density at radius 3 is 2.78 bits per heavy atom. The van der Waals surface area contributed by atoms with Crippen molar-refractivity contribution in [3.05, 3.63) is 39.9 Å². The summed E-state index contributed by atoms with van der Waals surface area (Å²) in [6.07, 6.45) is 3.91. The van der Waals surface area contributed by atoms with E-state index in [0.717, 1.165) is 18.9 Å². The van der Waals surface area contributed by atoms with Crippen molar-refractivity contribution >= 4 is 22.6 Å². The molecule has 3 rings (SSSR count). The molecule has 1 fully saturated rings. The Labute approximate surface area is 131 Å². The number of nitrogens with zero attached hydrogens (tertiary/aromatic N) is 1. The molecule has 1 saturated carbocycles. The molecular formula is C16H18FN3O3. The highest BCUT2D eigenvalue weighted by Gasteiger charge is 2.27. The smallest absolute Gasteiger partial charge is 0.341 e. The molecule has 0 aliphatic heterocycles. The van der Waals surface area contributed by atoms with Crippen LogP contribution in [-0.4, -0.2) is 28.7 Å². The third kappa shape index (κ3) is 2.92. The lowest BCUT2D eigenvalue weighted by molar-refractivity contribution is 0.0695. The lowest BCUT2D eigenvalue weighted by Crippen LogP contribution is -2.19. The molecule has 0 atom stereocenters. The number of nitrogens with two attached hydrogens (primary N) is 1. The van der Waals surface area contributed by atoms with E-state index in [-0.39, 0.29) is 17.0 Å². The third-order valence-electron chi connectivity index (χ3n) is 3.99. The van der Waals surface area contributed by atoms with E-state index < -0.39 is 17.2 Å². The summed E-state index contributed by atoms with van der Waals surface area (Å²) >= 11 is 0. The van der Waals surface area contributed by atoms with Crippen molar-refractivity contribution in [2.75, 3.05) is 18.4 Å². The molecule has 0 amide bonds. The minimum atomic E-state index is -1.29. The van der Waals surface area contributed by atoms with Gasteiger partial charge in [-0.1, -0.05) is 0 Å². The lowest BCUT2D eigenvalue weighted by atomic mass is 10.1. The zero-order chi connectivity index (χ0) is 16.6. The van der Waals surface area contributed by atoms with E-state index in [2.05, 4.69) is 5.32 Å². The molecule has 0 spiro atoms. The molecule has 1 heterocycles. The molecule has 1 aromatic heterocycles. The highest BCUT2D eigenvalue weighted by atomic mass is 19.1. The molecule has 23 heavy (non-hydrogen) atoms. The number of carbonyl (C=O) groups is 1. The number of benzene rings is 1. The molecule has 1 aliphatic carbocycles. The van der Waals surface area contributed by atoms with Gasteiger partial charge >= 0.3 is 5.97 Å². The Morgan fingerprint density at radius 2 is 2.17 bits per heavy atom. The van der Waals surface area contributed by atoms with Gasteiger partial charge in [0.25, 0.3) is 0 Å². The van der Waals surface area contributed by atoms with Crippen molar-refractivity contribution in [3.63, 3.8) is 0 Å². The monoisotopic (exact) mass is 319 g/mol. The molecule has 0 radical (unpaired) electrons. The molecule has 4 N–H and O–H groups in total. The summed E-state index contributed by atoms with van der Waals surface area (Å²) in [5, 5.41) is 12.2. The number of pyridine rings is 1. The van der Waals surface area contributed by atoms with Gasteiger partial charge in [0.2, 0.25) is 5.43 Å². The Bertz CT molecular complexity index is 827. The summed E-state index contributed by atoms with van der Waals surface area (Å²) in [7, 11) is 0. The van der Waals surface area contributed by atoms with Crippen LogP contribution in [0.3, 0.4) is 0 Å². The molecule has 122 valence electrons. The Kier molecular flexibility index (Phi) is 4.04. The van der Waals surface area contributed by atoms with Gasteiger partial charge in [-0.05, 0) is 37.9 Å². The van der Waals surface area contributed by atoms with Crippen molar-refractivity contribution in [1.29, 1.82) is 0 Å². The molecule has 0 bridgehead atoms. The Balaban J connectivity index is 2.17. The van der Waals surface area contributed by atoms with Gasteiger partial charge in [0.1, 0.15) is 11.4 Å². The highest BCUT2D eigenvalue weighted by Crippen LogP contribution is 2.37. The van der Waals surface area contributed by atoms with Crippen LogP contribution >= 0.6 is 0 Å². The topological polar surface area (TPSA) is 97.3 Å². The van der Waals surface area contributed by atoms with Gasteiger partial charge < -0.3 is 20.7 Å². The normalized spacial score (nSPS) is 14.2. The van der Waals surface area contributed by atoms with Crippen molar-refractivity contribution in [2.45, 2.75) is 25.3 Å². The van der Waals surface area contributed by atoms with E-state index in [1.165, 1.54) is 6.20 Å². The second kappa shape index (κ2) is 6.00. The van der Waals surface area contributed by atoms with Gasteiger partial charge in [0.15, 0.2) is 0 Å². The zero-order valence-corrected chi connectivity index (χ0v) is 12.5. The summed E-state index contributed by atoms with van der Waals surface area (Å²) in [5.74, 6) is -1.87. The first-order chi connectivity index (χ1) is 11.0. The second-order valence-electron chi connectivity index (χ2n) is 5.73. The molecule has 6 nitrogen and oxygen atoms in total. The first-order valence-corrected chi connectivity index (χ1v) is 7.58.